The minimum atomic E-state index is -0.389. The zero-order valence-electron chi connectivity index (χ0n) is 19.8. The van der Waals surface area contributed by atoms with Crippen LogP contribution in [0.4, 0.5) is 0 Å². The molecule has 0 heterocycles. The normalized spacial score (nSPS) is 17.7. The first-order valence-electron chi connectivity index (χ1n) is 11.3. The van der Waals surface area contributed by atoms with Crippen LogP contribution in [0.3, 0.4) is 0 Å². The molecule has 166 valence electrons. The second kappa shape index (κ2) is 12.9. The van der Waals surface area contributed by atoms with E-state index in [1.54, 1.807) is 0 Å². The summed E-state index contributed by atoms with van der Waals surface area (Å²) in [5.41, 5.74) is 8.19. The molecule has 1 fully saturated rings. The second-order valence-corrected chi connectivity index (χ2v) is 9.41. The van der Waals surface area contributed by atoms with Crippen LogP contribution < -0.4 is 73.6 Å². The standard InChI is InChI=1S/C28H30O3P.Cs/c1-19-17-24(22-5-3-20(4-6-22)21-9-14-26(32)15-10-21)11-16-27(19)23-7-12-25(13-8-23)31-18-28(29)30-2;/h3-8,11-13,16-17,21,26,32H,9-10,14-15,18H2,1-2H3;/q-1;+1. The van der Waals surface area contributed by atoms with Gasteiger partial charge in [0.15, 0.2) is 6.61 Å². The molecule has 3 nitrogen and oxygen atoms in total. The predicted octanol–water partition coefficient (Wildman–Crippen LogP) is 4.05. The largest absolute Gasteiger partial charge is 1.00 e. The average molecular weight is 578 g/mol. The number of ether oxygens (including phenoxy) is 2. The van der Waals surface area contributed by atoms with Gasteiger partial charge in [-0.2, -0.15) is 5.66 Å². The minimum absolute atomic E-state index is 0. The smallest absolute Gasteiger partial charge is 0.555 e. The van der Waals surface area contributed by atoms with E-state index in [0.717, 1.165) is 5.56 Å². The number of carbonyl (C=O) groups is 1. The molecule has 0 amide bonds. The molecule has 5 heteroatoms. The van der Waals surface area contributed by atoms with Crippen molar-refractivity contribution in [2.24, 2.45) is 0 Å². The van der Waals surface area contributed by atoms with E-state index in [0.29, 0.717) is 17.3 Å². The van der Waals surface area contributed by atoms with Gasteiger partial charge in [-0.15, -0.1) is 0 Å². The summed E-state index contributed by atoms with van der Waals surface area (Å²) in [5.74, 6) is 0.957. The summed E-state index contributed by atoms with van der Waals surface area (Å²) in [6.07, 6.45) is 5.08. The summed E-state index contributed by atoms with van der Waals surface area (Å²) in [5, 5.41) is 0. The predicted molar refractivity (Wildman–Crippen MR) is 133 cm³/mol. The molecular formula is C28H30CsO3P. The number of aryl methyl sites for hydroxylation is 1. The van der Waals surface area contributed by atoms with Gasteiger partial charge in [-0.1, -0.05) is 67.4 Å². The zero-order chi connectivity index (χ0) is 22.5. The van der Waals surface area contributed by atoms with Gasteiger partial charge in [0.05, 0.1) is 7.11 Å². The zero-order valence-corrected chi connectivity index (χ0v) is 27.0. The molecule has 33 heavy (non-hydrogen) atoms. The van der Waals surface area contributed by atoms with E-state index in [-0.39, 0.29) is 81.5 Å². The monoisotopic (exact) mass is 578 g/mol. The van der Waals surface area contributed by atoms with Crippen LogP contribution in [0.15, 0.2) is 66.7 Å². The van der Waals surface area contributed by atoms with E-state index in [2.05, 4.69) is 63.4 Å². The van der Waals surface area contributed by atoms with Crippen LogP contribution in [-0.4, -0.2) is 25.3 Å². The first-order chi connectivity index (χ1) is 15.5. The molecule has 0 atom stereocenters. The van der Waals surface area contributed by atoms with Gasteiger partial charge in [0.2, 0.25) is 0 Å². The maximum absolute atomic E-state index is 11.2. The van der Waals surface area contributed by atoms with E-state index in [1.165, 1.54) is 60.6 Å². The summed E-state index contributed by atoms with van der Waals surface area (Å²) >= 11 is 0. The molecule has 1 aliphatic rings. The van der Waals surface area contributed by atoms with Crippen LogP contribution in [0.2, 0.25) is 0 Å². The van der Waals surface area contributed by atoms with Crippen LogP contribution in [0, 0.1) is 6.92 Å². The van der Waals surface area contributed by atoms with E-state index in [4.69, 9.17) is 4.74 Å². The molecule has 3 aromatic carbocycles. The molecule has 0 aromatic heterocycles. The molecule has 0 aliphatic heterocycles. The number of hydrogen-bond donors (Lipinski definition) is 0. The third kappa shape index (κ3) is 7.21. The number of methoxy groups -OCH3 is 1. The Hall–Kier alpha value is -0.588. The van der Waals surface area contributed by atoms with Gasteiger partial charge in [-0.3, -0.25) is 0 Å². The van der Waals surface area contributed by atoms with Gasteiger partial charge < -0.3 is 18.7 Å². The number of benzene rings is 3. The Bertz CT molecular complexity index is 1060. The van der Waals surface area contributed by atoms with E-state index >= 15 is 0 Å². The van der Waals surface area contributed by atoms with Crippen molar-refractivity contribution in [1.29, 1.82) is 0 Å². The molecule has 0 spiro atoms. The maximum Gasteiger partial charge on any atom is 1.00 e. The van der Waals surface area contributed by atoms with Crippen molar-refractivity contribution in [2.45, 2.75) is 44.2 Å². The van der Waals surface area contributed by atoms with Gasteiger partial charge in [0.1, 0.15) is 5.75 Å². The van der Waals surface area contributed by atoms with Crippen LogP contribution in [-0.2, 0) is 9.53 Å². The Morgan fingerprint density at radius 2 is 1.48 bits per heavy atom. The molecule has 1 saturated carbocycles. The van der Waals surface area contributed by atoms with Crippen molar-refractivity contribution in [3.8, 4) is 28.0 Å². The van der Waals surface area contributed by atoms with Crippen LogP contribution in [0.25, 0.3) is 22.3 Å². The minimum Gasteiger partial charge on any atom is -0.555 e. The average Bonchev–Trinajstić information content (AvgIpc) is 2.83. The summed E-state index contributed by atoms with van der Waals surface area (Å²) in [4.78, 5) is 11.2. The number of esters is 1. The summed E-state index contributed by atoms with van der Waals surface area (Å²) in [7, 11) is 5.16. The third-order valence-electron chi connectivity index (χ3n) is 6.42. The van der Waals surface area contributed by atoms with Crippen molar-refractivity contribution < 1.29 is 83.2 Å². The maximum atomic E-state index is 11.2. The Morgan fingerprint density at radius 1 is 0.879 bits per heavy atom. The number of carbonyl (C=O) groups excluding carboxylic acids is 1. The molecule has 0 N–H and O–H groups in total. The van der Waals surface area contributed by atoms with Crippen molar-refractivity contribution >= 4 is 15.2 Å². The Balaban J connectivity index is 0.00000306. The summed E-state index contributed by atoms with van der Waals surface area (Å²) in [6.45, 7) is 2.06. The van der Waals surface area contributed by atoms with Gasteiger partial charge in [-0.25, -0.2) is 4.79 Å². The molecule has 3 aromatic rings. The van der Waals surface area contributed by atoms with E-state index < -0.39 is 0 Å². The molecule has 1 aliphatic carbocycles. The van der Waals surface area contributed by atoms with Crippen molar-refractivity contribution in [2.75, 3.05) is 13.7 Å². The third-order valence-corrected chi connectivity index (χ3v) is 7.00. The SMILES string of the molecule is COC(=O)COc1ccc(-c2ccc(-c3ccc(C4CCC([PH-])CC4)cc3)cc2C)cc1.[Cs+]. The van der Waals surface area contributed by atoms with Gasteiger partial charge in [0.25, 0.3) is 0 Å². The van der Waals surface area contributed by atoms with Gasteiger partial charge >= 0.3 is 74.9 Å². The molecule has 0 radical (unpaired) electrons. The van der Waals surface area contributed by atoms with Crippen LogP contribution in [0.1, 0.15) is 42.7 Å². The molecule has 0 bridgehead atoms. The fraction of sp³-hybridized carbons (Fsp3) is 0.321. The van der Waals surface area contributed by atoms with E-state index in [1.807, 2.05) is 24.3 Å². The fourth-order valence-electron chi connectivity index (χ4n) is 4.47. The van der Waals surface area contributed by atoms with Gasteiger partial charge in [0, 0.05) is 0 Å². The van der Waals surface area contributed by atoms with Crippen molar-refractivity contribution in [3.63, 3.8) is 0 Å². The summed E-state index contributed by atoms with van der Waals surface area (Å²) < 4.78 is 10.0. The van der Waals surface area contributed by atoms with E-state index in [9.17, 15) is 4.79 Å². The number of hydrogen-bond acceptors (Lipinski definition) is 3. The first kappa shape index (κ1) is 27.0. The number of rotatable bonds is 6. The molecule has 4 rings (SSSR count). The topological polar surface area (TPSA) is 35.5 Å². The molecule has 0 saturated heterocycles. The van der Waals surface area contributed by atoms with Gasteiger partial charge in [-0.05, 0) is 71.2 Å². The fourth-order valence-corrected chi connectivity index (χ4v) is 4.81. The first-order valence-corrected chi connectivity index (χ1v) is 11.8. The van der Waals surface area contributed by atoms with Crippen LogP contribution >= 0.6 is 9.24 Å². The quantitative estimate of drug-likeness (QED) is 0.327. The molecular weight excluding hydrogens is 548 g/mol. The van der Waals surface area contributed by atoms with Crippen molar-refractivity contribution in [1.82, 2.24) is 0 Å². The molecule has 0 unspecified atom stereocenters. The second-order valence-electron chi connectivity index (χ2n) is 8.59. The Morgan fingerprint density at radius 3 is 2.09 bits per heavy atom. The summed E-state index contributed by atoms with van der Waals surface area (Å²) in [6, 6.07) is 23.6. The van der Waals surface area contributed by atoms with Crippen molar-refractivity contribution in [3.05, 3.63) is 77.9 Å². The Labute approximate surface area is 258 Å². The Kier molecular flexibility index (Phi) is 10.6. The van der Waals surface area contributed by atoms with Crippen LogP contribution in [0.5, 0.6) is 5.75 Å².